The lowest BCUT2D eigenvalue weighted by Crippen LogP contribution is -2.37. The molecule has 29 heavy (non-hydrogen) atoms. The molecule has 152 valence electrons. The number of nitrogens with one attached hydrogen (secondary N) is 1. The van der Waals surface area contributed by atoms with Crippen LogP contribution >= 0.6 is 11.8 Å². The predicted molar refractivity (Wildman–Crippen MR) is 117 cm³/mol. The Bertz CT molecular complexity index is 1170. The van der Waals surface area contributed by atoms with Gasteiger partial charge in [-0.25, -0.2) is 9.78 Å². The largest absolute Gasteiger partial charge is 0.332 e. The van der Waals surface area contributed by atoms with Gasteiger partial charge in [0.2, 0.25) is 5.91 Å². The molecule has 2 aromatic heterocycles. The number of anilines is 1. The maximum absolute atomic E-state index is 12.9. The van der Waals surface area contributed by atoms with Crippen LogP contribution in [0.4, 0.5) is 5.69 Å². The van der Waals surface area contributed by atoms with Gasteiger partial charge >= 0.3 is 5.69 Å². The number of amides is 1. The number of fused-ring (bicyclic) bond motifs is 1. The molecular formula is C21H24N4O3S. The molecule has 0 saturated heterocycles. The van der Waals surface area contributed by atoms with Gasteiger partial charge in [-0.1, -0.05) is 32.0 Å². The Morgan fingerprint density at radius 3 is 2.48 bits per heavy atom. The quantitative estimate of drug-likeness (QED) is 0.629. The van der Waals surface area contributed by atoms with E-state index in [0.29, 0.717) is 21.8 Å². The van der Waals surface area contributed by atoms with Gasteiger partial charge in [-0.15, -0.1) is 11.8 Å². The summed E-state index contributed by atoms with van der Waals surface area (Å²) in [5.74, 6) is 0.330. The van der Waals surface area contributed by atoms with Gasteiger partial charge < -0.3 is 5.32 Å². The molecule has 8 heteroatoms. The summed E-state index contributed by atoms with van der Waals surface area (Å²) in [4.78, 5) is 42.7. The average Bonchev–Trinajstić information content (AvgIpc) is 2.69. The Hall–Kier alpha value is -2.87. The summed E-state index contributed by atoms with van der Waals surface area (Å²) in [5.41, 5.74) is 1.13. The molecule has 0 bridgehead atoms. The van der Waals surface area contributed by atoms with Gasteiger partial charge in [-0.3, -0.25) is 18.7 Å². The second-order valence-corrected chi connectivity index (χ2v) is 8.30. The molecule has 1 aromatic carbocycles. The summed E-state index contributed by atoms with van der Waals surface area (Å²) in [6, 6.07) is 9.22. The molecule has 0 aliphatic carbocycles. The van der Waals surface area contributed by atoms with Crippen LogP contribution in [-0.4, -0.2) is 25.8 Å². The molecule has 3 rings (SSSR count). The number of benzene rings is 1. The number of rotatable bonds is 6. The van der Waals surface area contributed by atoms with Crippen molar-refractivity contribution in [3.63, 3.8) is 0 Å². The molecule has 1 amide bonds. The average molecular weight is 413 g/mol. The maximum Gasteiger partial charge on any atom is 0.332 e. The number of aromatic nitrogens is 3. The zero-order valence-corrected chi connectivity index (χ0v) is 17.7. The van der Waals surface area contributed by atoms with Crippen molar-refractivity contribution in [2.75, 3.05) is 11.1 Å². The van der Waals surface area contributed by atoms with Crippen LogP contribution in [0.25, 0.3) is 11.0 Å². The Kier molecular flexibility index (Phi) is 6.22. The number of carbonyl (C=O) groups is 1. The van der Waals surface area contributed by atoms with Crippen molar-refractivity contribution in [1.82, 2.24) is 14.1 Å². The van der Waals surface area contributed by atoms with Crippen molar-refractivity contribution in [1.29, 1.82) is 0 Å². The fourth-order valence-electron chi connectivity index (χ4n) is 3.15. The number of pyridine rings is 1. The van der Waals surface area contributed by atoms with Crippen LogP contribution in [0.5, 0.6) is 0 Å². The fourth-order valence-corrected chi connectivity index (χ4v) is 4.14. The van der Waals surface area contributed by atoms with E-state index in [-0.39, 0.29) is 11.7 Å². The normalized spacial score (nSPS) is 11.2. The van der Waals surface area contributed by atoms with Crippen LogP contribution in [0.15, 0.2) is 51.0 Å². The Labute approximate surface area is 172 Å². The smallest absolute Gasteiger partial charge is 0.325 e. The highest BCUT2D eigenvalue weighted by atomic mass is 32.2. The molecule has 0 fully saturated rings. The number of hydrogen-bond acceptors (Lipinski definition) is 5. The molecule has 0 aliphatic heterocycles. The molecule has 2 heterocycles. The van der Waals surface area contributed by atoms with Crippen molar-refractivity contribution in [2.45, 2.75) is 25.2 Å². The Morgan fingerprint density at radius 1 is 1.14 bits per heavy atom. The highest BCUT2D eigenvalue weighted by Gasteiger charge is 2.19. The van der Waals surface area contributed by atoms with Crippen molar-refractivity contribution >= 4 is 34.4 Å². The van der Waals surface area contributed by atoms with Crippen LogP contribution in [0.3, 0.4) is 0 Å². The minimum Gasteiger partial charge on any atom is -0.325 e. The number of nitrogens with zero attached hydrogens (tertiary/aromatic N) is 3. The monoisotopic (exact) mass is 412 g/mol. The van der Waals surface area contributed by atoms with E-state index in [1.807, 2.05) is 30.3 Å². The molecule has 7 nitrogen and oxygen atoms in total. The molecule has 0 radical (unpaired) electrons. The first-order valence-electron chi connectivity index (χ1n) is 9.35. The molecule has 0 spiro atoms. The summed E-state index contributed by atoms with van der Waals surface area (Å²) in [7, 11) is 3.05. The van der Waals surface area contributed by atoms with Crippen molar-refractivity contribution in [3.05, 3.63) is 62.9 Å². The molecule has 0 unspecified atom stereocenters. The van der Waals surface area contributed by atoms with Crippen LogP contribution in [-0.2, 0) is 25.3 Å². The SMILES string of the molecule is CC(C)Cc1cnc2c(c1SCC(=O)Nc1ccccc1)c(=O)n(C)c(=O)n2C. The highest BCUT2D eigenvalue weighted by molar-refractivity contribution is 8.00. The minimum atomic E-state index is -0.426. The highest BCUT2D eigenvalue weighted by Crippen LogP contribution is 2.29. The topological polar surface area (TPSA) is 86.0 Å². The summed E-state index contributed by atoms with van der Waals surface area (Å²) < 4.78 is 2.45. The van der Waals surface area contributed by atoms with Crippen LogP contribution in [0, 0.1) is 5.92 Å². The van der Waals surface area contributed by atoms with E-state index < -0.39 is 11.2 Å². The molecule has 3 aromatic rings. The molecule has 0 saturated carbocycles. The number of para-hydroxylation sites is 1. The number of carbonyl (C=O) groups excluding carboxylic acids is 1. The van der Waals surface area contributed by atoms with Gasteiger partial charge in [0, 0.05) is 30.9 Å². The van der Waals surface area contributed by atoms with Gasteiger partial charge in [0.1, 0.15) is 5.65 Å². The van der Waals surface area contributed by atoms with Crippen LogP contribution in [0.1, 0.15) is 19.4 Å². The fraction of sp³-hybridized carbons (Fsp3) is 0.333. The predicted octanol–water partition coefficient (Wildman–Crippen LogP) is 2.56. The van der Waals surface area contributed by atoms with E-state index in [4.69, 9.17) is 0 Å². The third-order valence-corrected chi connectivity index (χ3v) is 5.69. The number of aryl methyl sites for hydroxylation is 1. The molecule has 1 N–H and O–H groups in total. The van der Waals surface area contributed by atoms with Gasteiger partial charge in [0.15, 0.2) is 0 Å². The third-order valence-electron chi connectivity index (χ3n) is 4.53. The van der Waals surface area contributed by atoms with E-state index in [0.717, 1.165) is 22.2 Å². The van der Waals surface area contributed by atoms with E-state index >= 15 is 0 Å². The first-order chi connectivity index (χ1) is 13.8. The van der Waals surface area contributed by atoms with E-state index in [1.165, 1.54) is 23.4 Å². The third kappa shape index (κ3) is 4.42. The Morgan fingerprint density at radius 2 is 1.83 bits per heavy atom. The lowest BCUT2D eigenvalue weighted by molar-refractivity contribution is -0.113. The molecule has 0 atom stereocenters. The van der Waals surface area contributed by atoms with Crippen molar-refractivity contribution < 1.29 is 4.79 Å². The van der Waals surface area contributed by atoms with Gasteiger partial charge in [0.25, 0.3) is 5.56 Å². The minimum absolute atomic E-state index is 0.144. The van der Waals surface area contributed by atoms with Gasteiger partial charge in [0.05, 0.1) is 11.1 Å². The van der Waals surface area contributed by atoms with E-state index in [9.17, 15) is 14.4 Å². The molecule has 0 aliphatic rings. The van der Waals surface area contributed by atoms with Crippen molar-refractivity contribution in [3.8, 4) is 0 Å². The number of hydrogen-bond donors (Lipinski definition) is 1. The summed E-state index contributed by atoms with van der Waals surface area (Å²) >= 11 is 1.30. The zero-order chi connectivity index (χ0) is 21.1. The summed E-state index contributed by atoms with van der Waals surface area (Å²) in [6.45, 7) is 4.17. The van der Waals surface area contributed by atoms with E-state index in [2.05, 4.69) is 24.1 Å². The number of thioether (sulfide) groups is 1. The van der Waals surface area contributed by atoms with Crippen LogP contribution < -0.4 is 16.6 Å². The Balaban J connectivity index is 2.02. The first kappa shape index (κ1) is 20.9. The lowest BCUT2D eigenvalue weighted by atomic mass is 10.0. The standard InChI is InChI=1S/C21H24N4O3S/c1-13(2)10-14-11-22-19-17(20(27)25(4)21(28)24(19)3)18(14)29-12-16(26)23-15-8-6-5-7-9-15/h5-9,11,13H,10,12H2,1-4H3,(H,23,26). The van der Waals surface area contributed by atoms with E-state index in [1.54, 1.807) is 13.2 Å². The maximum atomic E-state index is 12.9. The second-order valence-electron chi connectivity index (χ2n) is 7.32. The van der Waals surface area contributed by atoms with Gasteiger partial charge in [-0.05, 0) is 30.0 Å². The van der Waals surface area contributed by atoms with Crippen LogP contribution in [0.2, 0.25) is 0 Å². The zero-order valence-electron chi connectivity index (χ0n) is 16.9. The van der Waals surface area contributed by atoms with Gasteiger partial charge in [-0.2, -0.15) is 0 Å². The summed E-state index contributed by atoms with van der Waals surface area (Å²) in [6.07, 6.45) is 2.43. The lowest BCUT2D eigenvalue weighted by Gasteiger charge is -2.15. The van der Waals surface area contributed by atoms with Crippen molar-refractivity contribution in [2.24, 2.45) is 20.0 Å². The second kappa shape index (κ2) is 8.65. The molecular weight excluding hydrogens is 388 g/mol. The first-order valence-corrected chi connectivity index (χ1v) is 10.3. The summed E-state index contributed by atoms with van der Waals surface area (Å²) in [5, 5.41) is 3.23.